The van der Waals surface area contributed by atoms with Gasteiger partial charge in [-0.3, -0.25) is 4.98 Å². The topological polar surface area (TPSA) is 59.1 Å². The lowest BCUT2D eigenvalue weighted by Crippen LogP contribution is -2.54. The summed E-state index contributed by atoms with van der Waals surface area (Å²) in [6.07, 6.45) is 3.47. The Labute approximate surface area is 131 Å². The zero-order valence-electron chi connectivity index (χ0n) is 13.0. The van der Waals surface area contributed by atoms with Crippen LogP contribution in [0.2, 0.25) is 0 Å². The van der Waals surface area contributed by atoms with Gasteiger partial charge in [-0.15, -0.1) is 0 Å². The molecule has 0 amide bonds. The minimum atomic E-state index is 0.150. The van der Waals surface area contributed by atoms with Crippen LogP contribution in [-0.4, -0.2) is 28.6 Å². The minimum absolute atomic E-state index is 0.150. The first-order valence-corrected chi connectivity index (χ1v) is 7.70. The fourth-order valence-electron chi connectivity index (χ4n) is 2.65. The van der Waals surface area contributed by atoms with Gasteiger partial charge in [-0.2, -0.15) is 0 Å². The highest BCUT2D eigenvalue weighted by atomic mass is 16.5. The Morgan fingerprint density at radius 2 is 2.00 bits per heavy atom. The molecule has 2 N–H and O–H groups in total. The second kappa shape index (κ2) is 6.85. The van der Waals surface area contributed by atoms with Gasteiger partial charge in [0.1, 0.15) is 6.61 Å². The van der Waals surface area contributed by atoms with E-state index in [9.17, 15) is 0 Å². The standard InChI is InChI=1S/C17H22N4O/c1-12-8-19-13(2)17(20-12)15-9-18-10-16(21-15)22-11-14-6-4-3-5-7-14/h3-7,9-10,12-13,17,19-20H,8,11H2,1-2H3. The van der Waals surface area contributed by atoms with Crippen LogP contribution in [0.5, 0.6) is 5.88 Å². The second-order valence-electron chi connectivity index (χ2n) is 5.80. The lowest BCUT2D eigenvalue weighted by molar-refractivity contribution is 0.273. The van der Waals surface area contributed by atoms with E-state index in [1.54, 1.807) is 6.20 Å². The van der Waals surface area contributed by atoms with Crippen molar-refractivity contribution in [1.29, 1.82) is 0 Å². The van der Waals surface area contributed by atoms with E-state index in [2.05, 4.69) is 34.4 Å². The van der Waals surface area contributed by atoms with Crippen LogP contribution in [0.3, 0.4) is 0 Å². The summed E-state index contributed by atoms with van der Waals surface area (Å²) in [6, 6.07) is 10.9. The van der Waals surface area contributed by atoms with Crippen molar-refractivity contribution < 1.29 is 4.74 Å². The van der Waals surface area contributed by atoms with Gasteiger partial charge in [-0.25, -0.2) is 4.98 Å². The molecule has 3 rings (SSSR count). The molecule has 0 spiro atoms. The highest BCUT2D eigenvalue weighted by Crippen LogP contribution is 2.20. The van der Waals surface area contributed by atoms with Gasteiger partial charge in [0.15, 0.2) is 0 Å². The van der Waals surface area contributed by atoms with Gasteiger partial charge in [0.2, 0.25) is 5.88 Å². The first kappa shape index (κ1) is 14.9. The molecule has 5 heteroatoms. The lowest BCUT2D eigenvalue weighted by atomic mass is 10.0. The summed E-state index contributed by atoms with van der Waals surface area (Å²) in [6.45, 7) is 5.79. The number of rotatable bonds is 4. The highest BCUT2D eigenvalue weighted by Gasteiger charge is 2.27. The molecule has 1 saturated heterocycles. The van der Waals surface area contributed by atoms with Crippen LogP contribution >= 0.6 is 0 Å². The summed E-state index contributed by atoms with van der Waals surface area (Å²) in [7, 11) is 0. The average molecular weight is 298 g/mol. The Hall–Kier alpha value is -1.98. The van der Waals surface area contributed by atoms with E-state index >= 15 is 0 Å². The molecule has 0 radical (unpaired) electrons. The molecular formula is C17H22N4O. The fraction of sp³-hybridized carbons (Fsp3) is 0.412. The molecule has 1 aliphatic heterocycles. The Bertz CT molecular complexity index is 605. The number of nitrogens with one attached hydrogen (secondary N) is 2. The van der Waals surface area contributed by atoms with Crippen molar-refractivity contribution in [1.82, 2.24) is 20.6 Å². The summed E-state index contributed by atoms with van der Waals surface area (Å²) in [5, 5.41) is 7.05. The van der Waals surface area contributed by atoms with E-state index in [-0.39, 0.29) is 6.04 Å². The van der Waals surface area contributed by atoms with Crippen molar-refractivity contribution in [2.24, 2.45) is 0 Å². The predicted octanol–water partition coefficient (Wildman–Crippen LogP) is 2.07. The zero-order chi connectivity index (χ0) is 15.4. The number of nitrogens with zero attached hydrogens (tertiary/aromatic N) is 2. The van der Waals surface area contributed by atoms with E-state index in [1.807, 2.05) is 36.5 Å². The maximum absolute atomic E-state index is 5.76. The highest BCUT2D eigenvalue weighted by molar-refractivity contribution is 5.17. The van der Waals surface area contributed by atoms with Crippen molar-refractivity contribution in [3.05, 3.63) is 54.0 Å². The van der Waals surface area contributed by atoms with Crippen LogP contribution < -0.4 is 15.4 Å². The molecule has 2 aromatic rings. The summed E-state index contributed by atoms with van der Waals surface area (Å²) in [4.78, 5) is 8.89. The van der Waals surface area contributed by atoms with Crippen molar-refractivity contribution in [2.75, 3.05) is 6.54 Å². The molecule has 22 heavy (non-hydrogen) atoms. The van der Waals surface area contributed by atoms with Crippen LogP contribution in [0.25, 0.3) is 0 Å². The molecule has 2 heterocycles. The minimum Gasteiger partial charge on any atom is -0.472 e. The maximum atomic E-state index is 5.76. The quantitative estimate of drug-likeness (QED) is 0.905. The first-order chi connectivity index (χ1) is 10.7. The van der Waals surface area contributed by atoms with E-state index < -0.39 is 0 Å². The molecule has 0 aliphatic carbocycles. The molecule has 0 bridgehead atoms. The molecule has 1 aromatic carbocycles. The van der Waals surface area contributed by atoms with Gasteiger partial charge in [0.05, 0.1) is 24.1 Å². The fourth-order valence-corrected chi connectivity index (χ4v) is 2.65. The van der Waals surface area contributed by atoms with Crippen LogP contribution in [0.1, 0.15) is 31.1 Å². The summed E-state index contributed by atoms with van der Waals surface area (Å²) < 4.78 is 5.76. The molecule has 116 valence electrons. The number of benzene rings is 1. The molecular weight excluding hydrogens is 276 g/mol. The average Bonchev–Trinajstić information content (AvgIpc) is 2.56. The van der Waals surface area contributed by atoms with E-state index in [0.717, 1.165) is 17.8 Å². The third-order valence-corrected chi connectivity index (χ3v) is 3.89. The maximum Gasteiger partial charge on any atom is 0.232 e. The number of hydrogen-bond acceptors (Lipinski definition) is 5. The third kappa shape index (κ3) is 3.61. The van der Waals surface area contributed by atoms with Gasteiger partial charge >= 0.3 is 0 Å². The summed E-state index contributed by atoms with van der Waals surface area (Å²) in [5.74, 6) is 0.563. The van der Waals surface area contributed by atoms with Crippen LogP contribution in [0.15, 0.2) is 42.7 Å². The smallest absolute Gasteiger partial charge is 0.232 e. The number of aromatic nitrogens is 2. The molecule has 3 atom stereocenters. The van der Waals surface area contributed by atoms with Crippen molar-refractivity contribution in [3.8, 4) is 5.88 Å². The number of ether oxygens (including phenoxy) is 1. The first-order valence-electron chi connectivity index (χ1n) is 7.70. The molecule has 1 fully saturated rings. The normalized spacial score (nSPS) is 24.9. The van der Waals surface area contributed by atoms with Gasteiger partial charge in [-0.1, -0.05) is 30.3 Å². The Morgan fingerprint density at radius 3 is 2.82 bits per heavy atom. The van der Waals surface area contributed by atoms with Crippen molar-refractivity contribution in [3.63, 3.8) is 0 Å². The van der Waals surface area contributed by atoms with Gasteiger partial charge < -0.3 is 15.4 Å². The molecule has 1 aliphatic rings. The van der Waals surface area contributed by atoms with Crippen molar-refractivity contribution >= 4 is 0 Å². The summed E-state index contributed by atoms with van der Waals surface area (Å²) >= 11 is 0. The SMILES string of the molecule is CC1CNC(C)C(c2cncc(OCc3ccccc3)n2)N1. The van der Waals surface area contributed by atoms with E-state index in [0.29, 0.717) is 24.6 Å². The molecule has 5 nitrogen and oxygen atoms in total. The molecule has 0 saturated carbocycles. The van der Waals surface area contributed by atoms with Crippen LogP contribution in [0, 0.1) is 0 Å². The van der Waals surface area contributed by atoms with Crippen molar-refractivity contribution in [2.45, 2.75) is 38.6 Å². The Balaban J connectivity index is 1.69. The third-order valence-electron chi connectivity index (χ3n) is 3.89. The zero-order valence-corrected chi connectivity index (χ0v) is 13.0. The van der Waals surface area contributed by atoms with Gasteiger partial charge in [-0.05, 0) is 19.4 Å². The van der Waals surface area contributed by atoms with Crippen LogP contribution in [-0.2, 0) is 6.61 Å². The number of piperazine rings is 1. The molecule has 1 aromatic heterocycles. The van der Waals surface area contributed by atoms with Gasteiger partial charge in [0, 0.05) is 18.6 Å². The Morgan fingerprint density at radius 1 is 1.18 bits per heavy atom. The lowest BCUT2D eigenvalue weighted by Gasteiger charge is -2.34. The largest absolute Gasteiger partial charge is 0.472 e. The Kier molecular flexibility index (Phi) is 4.65. The molecule has 3 unspecified atom stereocenters. The monoisotopic (exact) mass is 298 g/mol. The predicted molar refractivity (Wildman–Crippen MR) is 85.6 cm³/mol. The summed E-state index contributed by atoms with van der Waals surface area (Å²) in [5.41, 5.74) is 2.03. The van der Waals surface area contributed by atoms with E-state index in [1.165, 1.54) is 0 Å². The van der Waals surface area contributed by atoms with Gasteiger partial charge in [0.25, 0.3) is 0 Å². The number of hydrogen-bond donors (Lipinski definition) is 2. The second-order valence-corrected chi connectivity index (χ2v) is 5.80. The van der Waals surface area contributed by atoms with E-state index in [4.69, 9.17) is 4.74 Å². The van der Waals surface area contributed by atoms with Crippen LogP contribution in [0.4, 0.5) is 0 Å².